The third kappa shape index (κ3) is 1.44. The van der Waals surface area contributed by atoms with Crippen molar-refractivity contribution in [3.05, 3.63) is 11.3 Å². The quantitative estimate of drug-likeness (QED) is 0.856. The molecule has 4 fully saturated rings. The molecule has 0 radical (unpaired) electrons. The maximum atomic E-state index is 6.14. The van der Waals surface area contributed by atoms with Gasteiger partial charge >= 0.3 is 0 Å². The Morgan fingerprint density at radius 2 is 1.68 bits per heavy atom. The first-order valence-electron chi connectivity index (χ1n) is 7.73. The monoisotopic (exact) mass is 275 g/mol. The van der Waals surface area contributed by atoms with Gasteiger partial charge in [-0.05, 0) is 55.8 Å². The molecule has 4 bridgehead atoms. The topological polar surface area (TPSA) is 43.8 Å². The molecule has 4 saturated carbocycles. The van der Waals surface area contributed by atoms with Crippen LogP contribution >= 0.6 is 11.8 Å². The number of rotatable bonds is 1. The largest absolute Gasteiger partial charge is 0.382 e. The van der Waals surface area contributed by atoms with E-state index >= 15 is 0 Å². The molecule has 102 valence electrons. The number of aromatic nitrogens is 2. The van der Waals surface area contributed by atoms with Crippen LogP contribution in [0.2, 0.25) is 0 Å². The van der Waals surface area contributed by atoms with E-state index in [1.165, 1.54) is 43.4 Å². The fraction of sp³-hybridized carbons (Fsp3) is 0.800. The van der Waals surface area contributed by atoms with Crippen LogP contribution in [0.4, 0.5) is 5.82 Å². The van der Waals surface area contributed by atoms with Crippen molar-refractivity contribution in [2.45, 2.75) is 49.7 Å². The number of nitrogens with two attached hydrogens (primary N) is 1. The van der Waals surface area contributed by atoms with Crippen LogP contribution in [0.3, 0.4) is 0 Å². The van der Waals surface area contributed by atoms with E-state index < -0.39 is 0 Å². The minimum atomic E-state index is 0.678. The van der Waals surface area contributed by atoms with Gasteiger partial charge in [0, 0.05) is 17.1 Å². The van der Waals surface area contributed by atoms with Gasteiger partial charge in [-0.25, -0.2) is 0 Å². The van der Waals surface area contributed by atoms with E-state index in [1.807, 2.05) is 11.8 Å². The van der Waals surface area contributed by atoms with Crippen molar-refractivity contribution in [1.29, 1.82) is 0 Å². The van der Waals surface area contributed by atoms with Crippen LogP contribution in [0.1, 0.15) is 49.4 Å². The molecule has 0 aromatic carbocycles. The molecule has 5 aliphatic rings. The third-order valence-electron chi connectivity index (χ3n) is 6.09. The van der Waals surface area contributed by atoms with Crippen molar-refractivity contribution in [2.24, 2.45) is 23.7 Å². The molecule has 0 amide bonds. The van der Waals surface area contributed by atoms with Gasteiger partial charge in [0.2, 0.25) is 0 Å². The summed E-state index contributed by atoms with van der Waals surface area (Å²) in [5, 5.41) is 4.76. The zero-order valence-electron chi connectivity index (χ0n) is 11.2. The molecule has 2 N–H and O–H groups in total. The van der Waals surface area contributed by atoms with Crippen molar-refractivity contribution in [3.63, 3.8) is 0 Å². The van der Waals surface area contributed by atoms with Crippen LogP contribution < -0.4 is 5.73 Å². The molecule has 6 rings (SSSR count). The molecular weight excluding hydrogens is 254 g/mol. The number of fused-ring (bicyclic) bond motifs is 1. The van der Waals surface area contributed by atoms with Crippen LogP contribution in [0, 0.1) is 23.7 Å². The van der Waals surface area contributed by atoms with Crippen LogP contribution in [0.15, 0.2) is 0 Å². The second-order valence-electron chi connectivity index (χ2n) is 7.17. The Bertz CT molecular complexity index is 508. The summed E-state index contributed by atoms with van der Waals surface area (Å²) < 4.78 is 2.39. The van der Waals surface area contributed by atoms with Crippen molar-refractivity contribution >= 4 is 17.6 Å². The normalized spacial score (nSPS) is 42.8. The summed E-state index contributed by atoms with van der Waals surface area (Å²) in [4.78, 5) is 0. The van der Waals surface area contributed by atoms with Crippen molar-refractivity contribution in [2.75, 3.05) is 5.73 Å². The molecule has 0 atom stereocenters. The molecule has 0 saturated heterocycles. The van der Waals surface area contributed by atoms with Gasteiger partial charge in [0.1, 0.15) is 5.82 Å². The molecule has 2 heterocycles. The van der Waals surface area contributed by atoms with Gasteiger partial charge < -0.3 is 5.73 Å². The minimum absolute atomic E-state index is 0.678. The number of anilines is 1. The van der Waals surface area contributed by atoms with Gasteiger partial charge in [0.15, 0.2) is 0 Å². The molecule has 19 heavy (non-hydrogen) atoms. The van der Waals surface area contributed by atoms with Crippen molar-refractivity contribution in [1.82, 2.24) is 9.78 Å². The number of hydrogen-bond donors (Lipinski definition) is 1. The second kappa shape index (κ2) is 3.72. The molecule has 1 aromatic rings. The van der Waals surface area contributed by atoms with E-state index in [0.717, 1.165) is 41.0 Å². The lowest BCUT2D eigenvalue weighted by Crippen LogP contribution is -2.46. The minimum Gasteiger partial charge on any atom is -0.382 e. The summed E-state index contributed by atoms with van der Waals surface area (Å²) in [7, 11) is 0. The number of nitrogens with zero attached hydrogens (tertiary/aromatic N) is 2. The Morgan fingerprint density at radius 1 is 1.00 bits per heavy atom. The average molecular weight is 275 g/mol. The number of thioether (sulfide) groups is 1. The molecule has 4 heteroatoms. The van der Waals surface area contributed by atoms with Gasteiger partial charge in [-0.3, -0.25) is 4.68 Å². The molecule has 4 aliphatic carbocycles. The van der Waals surface area contributed by atoms with E-state index in [1.54, 1.807) is 0 Å². The fourth-order valence-corrected chi connectivity index (χ4v) is 6.75. The summed E-state index contributed by atoms with van der Waals surface area (Å²) >= 11 is 2.00. The molecule has 1 aromatic heterocycles. The third-order valence-corrected chi connectivity index (χ3v) is 7.06. The number of nitrogen functional groups attached to an aromatic ring is 1. The molecule has 1 aliphatic heterocycles. The van der Waals surface area contributed by atoms with Crippen LogP contribution in [-0.4, -0.2) is 9.78 Å². The van der Waals surface area contributed by atoms with Crippen molar-refractivity contribution in [3.8, 4) is 0 Å². The van der Waals surface area contributed by atoms with E-state index in [-0.39, 0.29) is 0 Å². The smallest absolute Gasteiger partial charge is 0.149 e. The van der Waals surface area contributed by atoms with Gasteiger partial charge in [-0.15, -0.1) is 0 Å². The first kappa shape index (κ1) is 11.1. The summed E-state index contributed by atoms with van der Waals surface area (Å²) in [5.74, 6) is 6.88. The highest BCUT2D eigenvalue weighted by atomic mass is 32.2. The average Bonchev–Trinajstić information content (AvgIpc) is 2.94. The highest BCUT2D eigenvalue weighted by molar-refractivity contribution is 7.98. The molecule has 0 unspecified atom stereocenters. The van der Waals surface area contributed by atoms with Crippen LogP contribution in [-0.2, 0) is 11.5 Å². The Morgan fingerprint density at radius 3 is 2.37 bits per heavy atom. The summed E-state index contributed by atoms with van der Waals surface area (Å²) in [6.07, 6.45) is 7.35. The fourth-order valence-electron chi connectivity index (χ4n) is 5.63. The molecule has 0 spiro atoms. The van der Waals surface area contributed by atoms with Gasteiger partial charge in [-0.2, -0.15) is 16.9 Å². The molecular formula is C15H21N3S. The lowest BCUT2D eigenvalue weighted by molar-refractivity contribution is -0.0343. The Kier molecular flexibility index (Phi) is 2.16. The molecule has 3 nitrogen and oxygen atoms in total. The Balaban J connectivity index is 1.58. The van der Waals surface area contributed by atoms with Crippen LogP contribution in [0.25, 0.3) is 0 Å². The lowest BCUT2D eigenvalue weighted by atomic mass is 9.54. The van der Waals surface area contributed by atoms with Crippen molar-refractivity contribution < 1.29 is 0 Å². The highest BCUT2D eigenvalue weighted by Crippen LogP contribution is 2.58. The Labute approximate surface area is 118 Å². The predicted octanol–water partition coefficient (Wildman–Crippen LogP) is 3.21. The standard InChI is InChI=1S/C15H21N3S/c16-15-12-6-19-7-13(12)18(17-15)14-10-2-8-1-9(4-10)5-11(14)3-8/h8-11,14H,1-7H2,(H2,16,17). The van der Waals surface area contributed by atoms with Gasteiger partial charge in [0.25, 0.3) is 0 Å². The maximum absolute atomic E-state index is 6.14. The first-order valence-corrected chi connectivity index (χ1v) is 8.88. The highest BCUT2D eigenvalue weighted by Gasteiger charge is 2.50. The SMILES string of the molecule is Nc1nn(C2C3CC4CC(C3)CC2C4)c2c1CSC2. The second-order valence-corrected chi connectivity index (χ2v) is 8.15. The first-order chi connectivity index (χ1) is 9.29. The zero-order chi connectivity index (χ0) is 12.6. The summed E-state index contributed by atoms with van der Waals surface area (Å²) in [6.45, 7) is 0. The maximum Gasteiger partial charge on any atom is 0.149 e. The van der Waals surface area contributed by atoms with Crippen LogP contribution in [0.5, 0.6) is 0 Å². The van der Waals surface area contributed by atoms with E-state index in [4.69, 9.17) is 10.8 Å². The van der Waals surface area contributed by atoms with E-state index in [9.17, 15) is 0 Å². The summed E-state index contributed by atoms with van der Waals surface area (Å²) in [5.41, 5.74) is 8.94. The predicted molar refractivity (Wildman–Crippen MR) is 77.7 cm³/mol. The number of hydrogen-bond acceptors (Lipinski definition) is 3. The Hall–Kier alpha value is -0.640. The van der Waals surface area contributed by atoms with E-state index in [0.29, 0.717) is 6.04 Å². The lowest BCUT2D eigenvalue weighted by Gasteiger charge is -2.54. The van der Waals surface area contributed by atoms with E-state index in [2.05, 4.69) is 4.68 Å². The van der Waals surface area contributed by atoms with Gasteiger partial charge in [0.05, 0.1) is 11.7 Å². The van der Waals surface area contributed by atoms with Gasteiger partial charge in [-0.1, -0.05) is 0 Å². The summed E-state index contributed by atoms with van der Waals surface area (Å²) in [6, 6.07) is 0.678. The zero-order valence-corrected chi connectivity index (χ0v) is 12.0.